The van der Waals surface area contributed by atoms with Gasteiger partial charge in [-0.1, -0.05) is 0 Å². The maximum absolute atomic E-state index is 13.2. The summed E-state index contributed by atoms with van der Waals surface area (Å²) in [6.07, 6.45) is 0. The van der Waals surface area contributed by atoms with Crippen LogP contribution >= 0.6 is 0 Å². The van der Waals surface area contributed by atoms with E-state index in [0.717, 1.165) is 11.4 Å². The number of methoxy groups -OCH3 is 2. The molecule has 0 aromatic heterocycles. The number of carbonyl (C=O) groups is 2. The minimum atomic E-state index is -0.724. The molecular formula is C22H26N2O5. The topological polar surface area (TPSA) is 68.3 Å². The first-order valence-electron chi connectivity index (χ1n) is 9.60. The van der Waals surface area contributed by atoms with Crippen LogP contribution in [0.4, 0.5) is 11.4 Å². The summed E-state index contributed by atoms with van der Waals surface area (Å²) in [5.41, 5.74) is 1.48. The standard InChI is InChI=1S/C22H26N2O5/c1-5-23(15-7-11-17(27-3)12-8-15)19-20(22(26)29-6-2)24(21(19)25)16-9-13-18(28-4)14-10-16/h7-14,19-20H,5-6H2,1-4H3. The number of anilines is 2. The zero-order chi connectivity index (χ0) is 21.0. The molecule has 1 aliphatic rings. The highest BCUT2D eigenvalue weighted by atomic mass is 16.5. The lowest BCUT2D eigenvalue weighted by Crippen LogP contribution is -2.74. The van der Waals surface area contributed by atoms with Gasteiger partial charge in [0.1, 0.15) is 17.5 Å². The normalized spacial score (nSPS) is 18.1. The molecule has 1 saturated heterocycles. The van der Waals surface area contributed by atoms with E-state index in [0.29, 0.717) is 18.0 Å². The quantitative estimate of drug-likeness (QED) is 0.503. The molecule has 0 bridgehead atoms. The fourth-order valence-electron chi connectivity index (χ4n) is 3.58. The molecule has 1 aliphatic heterocycles. The fraction of sp³-hybridized carbons (Fsp3) is 0.364. The number of nitrogens with zero attached hydrogens (tertiary/aromatic N) is 2. The summed E-state index contributed by atoms with van der Waals surface area (Å²) in [6.45, 7) is 4.53. The van der Waals surface area contributed by atoms with Crippen molar-refractivity contribution in [2.24, 2.45) is 0 Å². The second kappa shape index (κ2) is 8.86. The summed E-state index contributed by atoms with van der Waals surface area (Å²) in [6, 6.07) is 13.1. The molecule has 29 heavy (non-hydrogen) atoms. The Hall–Kier alpha value is -3.22. The van der Waals surface area contributed by atoms with Crippen molar-refractivity contribution in [1.29, 1.82) is 0 Å². The van der Waals surface area contributed by atoms with Gasteiger partial charge in [-0.15, -0.1) is 0 Å². The van der Waals surface area contributed by atoms with Gasteiger partial charge in [-0.2, -0.15) is 0 Å². The van der Waals surface area contributed by atoms with Crippen molar-refractivity contribution in [3.05, 3.63) is 48.5 Å². The van der Waals surface area contributed by atoms with E-state index in [1.54, 1.807) is 45.4 Å². The van der Waals surface area contributed by atoms with Gasteiger partial charge in [-0.25, -0.2) is 4.79 Å². The summed E-state index contributed by atoms with van der Waals surface area (Å²) >= 11 is 0. The van der Waals surface area contributed by atoms with Crippen molar-refractivity contribution in [3.63, 3.8) is 0 Å². The molecule has 0 radical (unpaired) electrons. The van der Waals surface area contributed by atoms with Crippen LogP contribution in [0, 0.1) is 0 Å². The van der Waals surface area contributed by atoms with Crippen LogP contribution in [0.1, 0.15) is 13.8 Å². The molecule has 7 nitrogen and oxygen atoms in total. The van der Waals surface area contributed by atoms with Gasteiger partial charge in [-0.05, 0) is 62.4 Å². The molecule has 2 atom stereocenters. The number of hydrogen-bond donors (Lipinski definition) is 0. The molecule has 2 aromatic rings. The molecule has 2 aromatic carbocycles. The van der Waals surface area contributed by atoms with Crippen molar-refractivity contribution in [1.82, 2.24) is 0 Å². The second-order valence-corrected chi connectivity index (χ2v) is 6.53. The first-order valence-corrected chi connectivity index (χ1v) is 9.60. The zero-order valence-electron chi connectivity index (χ0n) is 17.1. The van der Waals surface area contributed by atoms with Crippen molar-refractivity contribution < 1.29 is 23.8 Å². The third-order valence-electron chi connectivity index (χ3n) is 5.03. The van der Waals surface area contributed by atoms with Gasteiger partial charge in [0.25, 0.3) is 5.91 Å². The maximum atomic E-state index is 13.2. The third kappa shape index (κ3) is 3.85. The number of amides is 1. The lowest BCUT2D eigenvalue weighted by Gasteiger charge is -2.50. The van der Waals surface area contributed by atoms with E-state index in [9.17, 15) is 9.59 Å². The van der Waals surface area contributed by atoms with E-state index >= 15 is 0 Å². The van der Waals surface area contributed by atoms with Crippen LogP contribution in [-0.4, -0.2) is 51.3 Å². The number of ether oxygens (including phenoxy) is 3. The Bertz CT molecular complexity index is 851. The van der Waals surface area contributed by atoms with Crippen LogP contribution in [0.25, 0.3) is 0 Å². The largest absolute Gasteiger partial charge is 0.497 e. The fourth-order valence-corrected chi connectivity index (χ4v) is 3.58. The van der Waals surface area contributed by atoms with Crippen molar-refractivity contribution in [2.45, 2.75) is 25.9 Å². The molecule has 1 heterocycles. The van der Waals surface area contributed by atoms with E-state index in [4.69, 9.17) is 14.2 Å². The summed E-state index contributed by atoms with van der Waals surface area (Å²) in [5.74, 6) is 0.844. The van der Waals surface area contributed by atoms with Crippen molar-refractivity contribution in [3.8, 4) is 11.5 Å². The maximum Gasteiger partial charge on any atom is 0.331 e. The van der Waals surface area contributed by atoms with E-state index in [1.165, 1.54) is 4.90 Å². The highest BCUT2D eigenvalue weighted by Crippen LogP contribution is 2.35. The van der Waals surface area contributed by atoms with Crippen molar-refractivity contribution in [2.75, 3.05) is 37.2 Å². The monoisotopic (exact) mass is 398 g/mol. The minimum Gasteiger partial charge on any atom is -0.497 e. The Morgan fingerprint density at radius 3 is 2.00 bits per heavy atom. The lowest BCUT2D eigenvalue weighted by molar-refractivity contribution is -0.151. The average Bonchev–Trinajstić information content (AvgIpc) is 2.76. The van der Waals surface area contributed by atoms with Gasteiger partial charge >= 0.3 is 5.97 Å². The van der Waals surface area contributed by atoms with E-state index in [-0.39, 0.29) is 12.5 Å². The summed E-state index contributed by atoms with van der Waals surface area (Å²) in [7, 11) is 3.18. The van der Waals surface area contributed by atoms with Gasteiger partial charge in [0.2, 0.25) is 0 Å². The predicted molar refractivity (Wildman–Crippen MR) is 111 cm³/mol. The van der Waals surface area contributed by atoms with Crippen LogP contribution in [0.15, 0.2) is 48.5 Å². The summed E-state index contributed by atoms with van der Waals surface area (Å²) in [4.78, 5) is 29.3. The van der Waals surface area contributed by atoms with Gasteiger partial charge in [-0.3, -0.25) is 9.69 Å². The molecule has 0 spiro atoms. The number of β-lactam (4-membered cyclic amide) rings is 1. The molecular weight excluding hydrogens is 372 g/mol. The molecule has 154 valence electrons. The molecule has 3 rings (SSSR count). The summed E-state index contributed by atoms with van der Waals surface area (Å²) in [5, 5.41) is 0. The molecule has 0 N–H and O–H groups in total. The highest BCUT2D eigenvalue weighted by molar-refractivity contribution is 6.14. The van der Waals surface area contributed by atoms with E-state index < -0.39 is 18.1 Å². The Balaban J connectivity index is 1.93. The van der Waals surface area contributed by atoms with Crippen LogP contribution in [0.5, 0.6) is 11.5 Å². The number of benzene rings is 2. The molecule has 2 unspecified atom stereocenters. The highest BCUT2D eigenvalue weighted by Gasteiger charge is 2.55. The van der Waals surface area contributed by atoms with Gasteiger partial charge in [0.15, 0.2) is 6.04 Å². The number of hydrogen-bond acceptors (Lipinski definition) is 6. The van der Waals surface area contributed by atoms with E-state index in [1.807, 2.05) is 36.1 Å². The number of likely N-dealkylation sites (N-methyl/N-ethyl adjacent to an activating group) is 1. The van der Waals surface area contributed by atoms with Crippen LogP contribution < -0.4 is 19.3 Å². The molecule has 0 aliphatic carbocycles. The second-order valence-electron chi connectivity index (χ2n) is 6.53. The molecule has 1 amide bonds. The number of carbonyl (C=O) groups excluding carboxylic acids is 2. The first kappa shape index (κ1) is 20.5. The minimum absolute atomic E-state index is 0.147. The predicted octanol–water partition coefficient (Wildman–Crippen LogP) is 2.88. The van der Waals surface area contributed by atoms with Gasteiger partial charge < -0.3 is 19.1 Å². The van der Waals surface area contributed by atoms with Gasteiger partial charge in [0, 0.05) is 17.9 Å². The van der Waals surface area contributed by atoms with Crippen molar-refractivity contribution >= 4 is 23.3 Å². The number of rotatable bonds is 8. The van der Waals surface area contributed by atoms with Crippen LogP contribution in [-0.2, 0) is 14.3 Å². The smallest absolute Gasteiger partial charge is 0.331 e. The molecule has 0 saturated carbocycles. The zero-order valence-corrected chi connectivity index (χ0v) is 17.1. The Labute approximate surface area is 170 Å². The molecule has 7 heteroatoms. The Morgan fingerprint density at radius 1 is 0.966 bits per heavy atom. The Morgan fingerprint density at radius 2 is 1.52 bits per heavy atom. The number of esters is 1. The van der Waals surface area contributed by atoms with E-state index in [2.05, 4.69) is 0 Å². The van der Waals surface area contributed by atoms with Crippen LogP contribution in [0.2, 0.25) is 0 Å². The summed E-state index contributed by atoms with van der Waals surface area (Å²) < 4.78 is 15.7. The Kier molecular flexibility index (Phi) is 6.26. The van der Waals surface area contributed by atoms with Crippen LogP contribution in [0.3, 0.4) is 0 Å². The SMILES string of the molecule is CCOC(=O)C1C(N(CC)c2ccc(OC)cc2)C(=O)N1c1ccc(OC)cc1. The molecule has 1 fully saturated rings. The first-order chi connectivity index (χ1) is 14.0. The average molecular weight is 398 g/mol. The van der Waals surface area contributed by atoms with Gasteiger partial charge in [0.05, 0.1) is 20.8 Å². The lowest BCUT2D eigenvalue weighted by atomic mass is 9.91. The third-order valence-corrected chi connectivity index (χ3v) is 5.03.